The number of halogens is 1. The van der Waals surface area contributed by atoms with Crippen molar-refractivity contribution in [1.82, 2.24) is 0 Å². The molecule has 1 N–H and O–H groups in total. The molecular weight excluding hydrogens is 370 g/mol. The standard InChI is InChI=1S/C20H16ClNO3S/c1-13(23)22-14-6-8-15(9-7-14)26-12-20(24)25-19-11-10-18(21)16-4-2-3-5-17(16)19/h2-11H,12H2,1H3,(H,22,23). The average Bonchev–Trinajstić information content (AvgIpc) is 2.63. The topological polar surface area (TPSA) is 55.4 Å². The van der Waals surface area contributed by atoms with Crippen molar-refractivity contribution in [2.45, 2.75) is 11.8 Å². The lowest BCUT2D eigenvalue weighted by Crippen LogP contribution is -2.11. The number of ether oxygens (including phenoxy) is 1. The molecule has 0 radical (unpaired) electrons. The second-order valence-electron chi connectivity index (χ2n) is 5.56. The van der Waals surface area contributed by atoms with Gasteiger partial charge in [0.1, 0.15) is 5.75 Å². The van der Waals surface area contributed by atoms with Gasteiger partial charge in [-0.05, 0) is 36.4 Å². The second-order valence-corrected chi connectivity index (χ2v) is 7.02. The summed E-state index contributed by atoms with van der Waals surface area (Å²) in [4.78, 5) is 24.1. The summed E-state index contributed by atoms with van der Waals surface area (Å²) in [6, 6.07) is 18.2. The number of hydrogen-bond acceptors (Lipinski definition) is 4. The zero-order valence-corrected chi connectivity index (χ0v) is 15.6. The molecule has 0 spiro atoms. The molecule has 6 heteroatoms. The molecule has 0 aromatic heterocycles. The van der Waals surface area contributed by atoms with E-state index in [4.69, 9.17) is 16.3 Å². The summed E-state index contributed by atoms with van der Waals surface area (Å²) in [5, 5.41) is 4.97. The van der Waals surface area contributed by atoms with Crippen LogP contribution in [0, 0.1) is 0 Å². The van der Waals surface area contributed by atoms with Gasteiger partial charge in [0.25, 0.3) is 0 Å². The molecule has 0 heterocycles. The lowest BCUT2D eigenvalue weighted by atomic mass is 10.1. The molecule has 26 heavy (non-hydrogen) atoms. The van der Waals surface area contributed by atoms with E-state index in [2.05, 4.69) is 5.32 Å². The molecular formula is C20H16ClNO3S. The Hall–Kier alpha value is -2.50. The summed E-state index contributed by atoms with van der Waals surface area (Å²) in [5.41, 5.74) is 0.720. The maximum Gasteiger partial charge on any atom is 0.321 e. The third kappa shape index (κ3) is 4.56. The van der Waals surface area contributed by atoms with E-state index in [0.29, 0.717) is 10.8 Å². The third-order valence-electron chi connectivity index (χ3n) is 3.59. The monoisotopic (exact) mass is 385 g/mol. The van der Waals surface area contributed by atoms with Crippen molar-refractivity contribution >= 4 is 51.7 Å². The van der Waals surface area contributed by atoms with Crippen LogP contribution in [0.3, 0.4) is 0 Å². The lowest BCUT2D eigenvalue weighted by Gasteiger charge is -2.09. The Kier molecular flexibility index (Phi) is 5.81. The van der Waals surface area contributed by atoms with Gasteiger partial charge < -0.3 is 10.1 Å². The number of esters is 1. The van der Waals surface area contributed by atoms with E-state index in [-0.39, 0.29) is 17.6 Å². The normalized spacial score (nSPS) is 10.5. The van der Waals surface area contributed by atoms with Gasteiger partial charge in [-0.1, -0.05) is 35.9 Å². The van der Waals surface area contributed by atoms with Gasteiger partial charge in [-0.2, -0.15) is 0 Å². The number of carbonyl (C=O) groups excluding carboxylic acids is 2. The van der Waals surface area contributed by atoms with Crippen LogP contribution in [0.5, 0.6) is 5.75 Å². The summed E-state index contributed by atoms with van der Waals surface area (Å²) in [6.45, 7) is 1.46. The van der Waals surface area contributed by atoms with Gasteiger partial charge in [-0.3, -0.25) is 9.59 Å². The van der Waals surface area contributed by atoms with Crippen LogP contribution in [-0.2, 0) is 9.59 Å². The molecule has 0 bridgehead atoms. The highest BCUT2D eigenvalue weighted by atomic mass is 35.5. The van der Waals surface area contributed by atoms with Gasteiger partial charge in [0, 0.05) is 33.3 Å². The van der Waals surface area contributed by atoms with Crippen LogP contribution in [0.2, 0.25) is 5.02 Å². The van der Waals surface area contributed by atoms with Crippen molar-refractivity contribution in [3.63, 3.8) is 0 Å². The fourth-order valence-corrected chi connectivity index (χ4v) is 3.36. The van der Waals surface area contributed by atoms with Crippen molar-refractivity contribution < 1.29 is 14.3 Å². The first-order chi connectivity index (χ1) is 12.5. The zero-order chi connectivity index (χ0) is 18.5. The number of carbonyl (C=O) groups is 2. The first-order valence-electron chi connectivity index (χ1n) is 7.91. The van der Waals surface area contributed by atoms with Crippen LogP contribution in [0.1, 0.15) is 6.92 Å². The fraction of sp³-hybridized carbons (Fsp3) is 0.100. The molecule has 0 unspecified atom stereocenters. The third-order valence-corrected chi connectivity index (χ3v) is 4.90. The zero-order valence-electron chi connectivity index (χ0n) is 14.0. The van der Waals surface area contributed by atoms with Crippen LogP contribution in [-0.4, -0.2) is 17.6 Å². The molecule has 3 rings (SSSR count). The summed E-state index contributed by atoms with van der Waals surface area (Å²) in [5.74, 6) is 0.213. The minimum Gasteiger partial charge on any atom is -0.425 e. The first kappa shape index (κ1) is 18.3. The largest absolute Gasteiger partial charge is 0.425 e. The second kappa shape index (κ2) is 8.25. The van der Waals surface area contributed by atoms with Gasteiger partial charge in [0.2, 0.25) is 5.91 Å². The molecule has 0 atom stereocenters. The SMILES string of the molecule is CC(=O)Nc1ccc(SCC(=O)Oc2ccc(Cl)c3ccccc23)cc1. The van der Waals surface area contributed by atoms with Crippen LogP contribution >= 0.6 is 23.4 Å². The predicted molar refractivity (Wildman–Crippen MR) is 106 cm³/mol. The Bertz CT molecular complexity index is 957. The molecule has 0 aliphatic carbocycles. The summed E-state index contributed by atoms with van der Waals surface area (Å²) >= 11 is 7.55. The van der Waals surface area contributed by atoms with Crippen LogP contribution in [0.15, 0.2) is 65.6 Å². The van der Waals surface area contributed by atoms with Crippen molar-refractivity contribution in [2.24, 2.45) is 0 Å². The van der Waals surface area contributed by atoms with E-state index in [0.717, 1.165) is 21.4 Å². The summed E-state index contributed by atoms with van der Waals surface area (Å²) in [6.07, 6.45) is 0. The van der Waals surface area contributed by atoms with Crippen LogP contribution in [0.25, 0.3) is 10.8 Å². The highest BCUT2D eigenvalue weighted by molar-refractivity contribution is 8.00. The molecule has 3 aromatic carbocycles. The van der Waals surface area contributed by atoms with Gasteiger partial charge in [0.05, 0.1) is 5.75 Å². The van der Waals surface area contributed by atoms with E-state index in [1.807, 2.05) is 36.4 Å². The summed E-state index contributed by atoms with van der Waals surface area (Å²) in [7, 11) is 0. The Balaban J connectivity index is 1.63. The minimum atomic E-state index is -0.339. The van der Waals surface area contributed by atoms with Crippen LogP contribution in [0.4, 0.5) is 5.69 Å². The number of anilines is 1. The number of fused-ring (bicyclic) bond motifs is 1. The Morgan fingerprint density at radius 1 is 1.00 bits per heavy atom. The maximum absolute atomic E-state index is 12.2. The van der Waals surface area contributed by atoms with Crippen molar-refractivity contribution in [2.75, 3.05) is 11.1 Å². The number of rotatable bonds is 5. The quantitative estimate of drug-likeness (QED) is 0.375. The van der Waals surface area contributed by atoms with E-state index in [1.165, 1.54) is 18.7 Å². The highest BCUT2D eigenvalue weighted by Gasteiger charge is 2.10. The maximum atomic E-state index is 12.2. The Morgan fingerprint density at radius 3 is 2.38 bits per heavy atom. The predicted octanol–water partition coefficient (Wildman–Crippen LogP) is 5.15. The van der Waals surface area contributed by atoms with Gasteiger partial charge >= 0.3 is 5.97 Å². The van der Waals surface area contributed by atoms with Gasteiger partial charge in [-0.15, -0.1) is 11.8 Å². The molecule has 0 fully saturated rings. The summed E-state index contributed by atoms with van der Waals surface area (Å²) < 4.78 is 5.51. The molecule has 0 aliphatic rings. The fourth-order valence-electron chi connectivity index (χ4n) is 2.46. The molecule has 0 saturated heterocycles. The first-order valence-corrected chi connectivity index (χ1v) is 9.27. The number of amides is 1. The van der Waals surface area contributed by atoms with E-state index in [1.54, 1.807) is 24.3 Å². The average molecular weight is 386 g/mol. The number of nitrogens with one attached hydrogen (secondary N) is 1. The molecule has 3 aromatic rings. The molecule has 1 amide bonds. The molecule has 0 saturated carbocycles. The van der Waals surface area contributed by atoms with E-state index in [9.17, 15) is 9.59 Å². The number of thioether (sulfide) groups is 1. The molecule has 132 valence electrons. The van der Waals surface area contributed by atoms with Gasteiger partial charge in [-0.25, -0.2) is 0 Å². The highest BCUT2D eigenvalue weighted by Crippen LogP contribution is 2.31. The molecule has 4 nitrogen and oxygen atoms in total. The van der Waals surface area contributed by atoms with E-state index >= 15 is 0 Å². The van der Waals surface area contributed by atoms with Crippen molar-refractivity contribution in [3.05, 3.63) is 65.7 Å². The Labute approximate surface area is 160 Å². The lowest BCUT2D eigenvalue weighted by molar-refractivity contribution is -0.131. The molecule has 0 aliphatic heterocycles. The van der Waals surface area contributed by atoms with Crippen LogP contribution < -0.4 is 10.1 Å². The van der Waals surface area contributed by atoms with Gasteiger partial charge in [0.15, 0.2) is 0 Å². The van der Waals surface area contributed by atoms with Crippen molar-refractivity contribution in [3.8, 4) is 5.75 Å². The number of benzene rings is 3. The van der Waals surface area contributed by atoms with Crippen molar-refractivity contribution in [1.29, 1.82) is 0 Å². The number of hydrogen-bond donors (Lipinski definition) is 1. The smallest absolute Gasteiger partial charge is 0.321 e. The minimum absolute atomic E-state index is 0.121. The van der Waals surface area contributed by atoms with E-state index < -0.39 is 0 Å². The Morgan fingerprint density at radius 2 is 1.69 bits per heavy atom.